The Hall–Kier alpha value is -2.05. The molecule has 0 aliphatic heterocycles. The average Bonchev–Trinajstić information content (AvgIpc) is 3.09. The predicted molar refractivity (Wildman–Crippen MR) is 117 cm³/mol. The minimum absolute atomic E-state index is 0.204. The van der Waals surface area contributed by atoms with Gasteiger partial charge in [0.15, 0.2) is 5.58 Å². The third kappa shape index (κ3) is 3.76. The van der Waals surface area contributed by atoms with Gasteiger partial charge in [-0.05, 0) is 48.5 Å². The van der Waals surface area contributed by atoms with Crippen LogP contribution in [0.1, 0.15) is 10.4 Å². The lowest BCUT2D eigenvalue weighted by atomic mass is 10.2. The molecular weight excluding hydrogens is 486 g/mol. The number of hydrogen-bond acceptors (Lipinski definition) is 3. The summed E-state index contributed by atoms with van der Waals surface area (Å²) in [5.74, 6) is 0.0215. The van der Waals surface area contributed by atoms with Crippen LogP contribution in [0.5, 0.6) is 0 Å². The van der Waals surface area contributed by atoms with Crippen molar-refractivity contribution >= 4 is 73.4 Å². The van der Waals surface area contributed by atoms with E-state index in [4.69, 9.17) is 39.2 Å². The second kappa shape index (κ2) is 7.76. The van der Waals surface area contributed by atoms with Crippen molar-refractivity contribution in [3.8, 4) is 11.5 Å². The number of carbonyl (C=O) groups is 1. The number of fused-ring (bicyclic) bond motifs is 1. The van der Waals surface area contributed by atoms with Crippen molar-refractivity contribution in [1.82, 2.24) is 4.98 Å². The van der Waals surface area contributed by atoms with Gasteiger partial charge >= 0.3 is 0 Å². The molecule has 0 saturated heterocycles. The van der Waals surface area contributed by atoms with Gasteiger partial charge < -0.3 is 9.73 Å². The van der Waals surface area contributed by atoms with Gasteiger partial charge in [0.2, 0.25) is 5.89 Å². The molecule has 0 radical (unpaired) electrons. The monoisotopic (exact) mass is 494 g/mol. The zero-order valence-corrected chi connectivity index (χ0v) is 17.8. The van der Waals surface area contributed by atoms with Crippen molar-refractivity contribution in [2.45, 2.75) is 0 Å². The smallest absolute Gasteiger partial charge is 0.257 e. The summed E-state index contributed by atoms with van der Waals surface area (Å²) in [5, 5.41) is 3.84. The number of hydrogen-bond donors (Lipinski definition) is 1. The molecule has 0 atom stereocenters. The molecule has 0 spiro atoms. The van der Waals surface area contributed by atoms with Crippen LogP contribution in [0.3, 0.4) is 0 Å². The molecule has 4 rings (SSSR count). The van der Waals surface area contributed by atoms with Crippen LogP contribution < -0.4 is 5.32 Å². The summed E-state index contributed by atoms with van der Waals surface area (Å²) >= 11 is 21.8. The number of carbonyl (C=O) groups excluding carboxylic acids is 1. The van der Waals surface area contributed by atoms with Gasteiger partial charge in [-0.1, -0.05) is 56.8 Å². The zero-order chi connectivity index (χ0) is 19.8. The number of nitrogens with zero attached hydrogens (tertiary/aromatic N) is 1. The van der Waals surface area contributed by atoms with Crippen molar-refractivity contribution in [1.29, 1.82) is 0 Å². The average molecular weight is 497 g/mol. The highest BCUT2D eigenvalue weighted by atomic mass is 79.9. The number of rotatable bonds is 3. The zero-order valence-electron chi connectivity index (χ0n) is 14.0. The summed E-state index contributed by atoms with van der Waals surface area (Å²) in [5.41, 5.74) is 2.67. The van der Waals surface area contributed by atoms with Gasteiger partial charge in [-0.15, -0.1) is 0 Å². The Balaban J connectivity index is 1.66. The van der Waals surface area contributed by atoms with Gasteiger partial charge in [-0.3, -0.25) is 4.79 Å². The maximum atomic E-state index is 12.5. The molecule has 140 valence electrons. The third-order valence-corrected chi connectivity index (χ3v) is 5.64. The molecule has 1 heterocycles. The molecule has 1 N–H and O–H groups in total. The Morgan fingerprint density at radius 3 is 2.64 bits per heavy atom. The Morgan fingerprint density at radius 1 is 1.00 bits per heavy atom. The van der Waals surface area contributed by atoms with E-state index in [9.17, 15) is 4.79 Å². The standard InChI is InChI=1S/C20H10BrCl3N2O2/c21-10-4-6-14(22)13(8-10)20-26-16-9-11(5-7-17(16)28-20)25-19(27)12-2-1-3-15(23)18(12)24/h1-9H,(H,25,27). The van der Waals surface area contributed by atoms with Gasteiger partial charge in [0, 0.05) is 10.2 Å². The number of amides is 1. The largest absolute Gasteiger partial charge is 0.436 e. The van der Waals surface area contributed by atoms with Crippen LogP contribution in [0.25, 0.3) is 22.6 Å². The number of nitrogens with one attached hydrogen (secondary N) is 1. The van der Waals surface area contributed by atoms with Gasteiger partial charge in [0.25, 0.3) is 5.91 Å². The Kier molecular flexibility index (Phi) is 5.34. The van der Waals surface area contributed by atoms with Crippen LogP contribution >= 0.6 is 50.7 Å². The summed E-state index contributed by atoms with van der Waals surface area (Å²) < 4.78 is 6.66. The summed E-state index contributed by atoms with van der Waals surface area (Å²) in [6.07, 6.45) is 0. The highest BCUT2D eigenvalue weighted by molar-refractivity contribution is 9.10. The maximum absolute atomic E-state index is 12.5. The van der Waals surface area contributed by atoms with Gasteiger partial charge in [-0.25, -0.2) is 4.98 Å². The Labute approximate surface area is 183 Å². The van der Waals surface area contributed by atoms with E-state index in [0.29, 0.717) is 38.3 Å². The fourth-order valence-electron chi connectivity index (χ4n) is 2.66. The topological polar surface area (TPSA) is 55.1 Å². The van der Waals surface area contributed by atoms with Crippen LogP contribution in [0.4, 0.5) is 5.69 Å². The minimum Gasteiger partial charge on any atom is -0.436 e. The number of oxazole rings is 1. The van der Waals surface area contributed by atoms with Gasteiger partial charge in [-0.2, -0.15) is 0 Å². The fourth-order valence-corrected chi connectivity index (χ4v) is 3.61. The van der Waals surface area contributed by atoms with E-state index in [1.807, 2.05) is 12.1 Å². The van der Waals surface area contributed by atoms with E-state index in [0.717, 1.165) is 4.47 Å². The van der Waals surface area contributed by atoms with Crippen molar-refractivity contribution in [3.05, 3.63) is 79.7 Å². The number of aromatic nitrogens is 1. The number of anilines is 1. The van der Waals surface area contributed by atoms with E-state index >= 15 is 0 Å². The normalized spacial score (nSPS) is 11.0. The van der Waals surface area contributed by atoms with Gasteiger partial charge in [0.05, 0.1) is 26.2 Å². The molecule has 8 heteroatoms. The molecule has 0 saturated carbocycles. The highest BCUT2D eigenvalue weighted by Crippen LogP contribution is 2.33. The van der Waals surface area contributed by atoms with E-state index in [2.05, 4.69) is 26.2 Å². The Morgan fingerprint density at radius 2 is 1.82 bits per heavy atom. The van der Waals surface area contributed by atoms with Crippen molar-refractivity contribution in [2.24, 2.45) is 0 Å². The lowest BCUT2D eigenvalue weighted by Crippen LogP contribution is -2.12. The lowest BCUT2D eigenvalue weighted by molar-refractivity contribution is 0.102. The van der Waals surface area contributed by atoms with E-state index < -0.39 is 0 Å². The minimum atomic E-state index is -0.370. The molecule has 0 fully saturated rings. The number of halogens is 4. The molecular formula is C20H10BrCl3N2O2. The van der Waals surface area contributed by atoms with E-state index in [-0.39, 0.29) is 16.5 Å². The van der Waals surface area contributed by atoms with Gasteiger partial charge in [0.1, 0.15) is 5.52 Å². The first kappa shape index (κ1) is 19.3. The third-order valence-electron chi connectivity index (χ3n) is 4.00. The molecule has 3 aromatic carbocycles. The molecule has 0 aliphatic carbocycles. The van der Waals surface area contributed by atoms with Crippen LogP contribution in [-0.2, 0) is 0 Å². The SMILES string of the molecule is O=C(Nc1ccc2oc(-c3cc(Br)ccc3Cl)nc2c1)c1cccc(Cl)c1Cl. The molecule has 4 nitrogen and oxygen atoms in total. The first-order valence-electron chi connectivity index (χ1n) is 8.04. The van der Waals surface area contributed by atoms with Crippen LogP contribution in [0.15, 0.2) is 63.5 Å². The summed E-state index contributed by atoms with van der Waals surface area (Å²) in [7, 11) is 0. The van der Waals surface area contributed by atoms with E-state index in [1.54, 1.807) is 42.5 Å². The molecule has 0 bridgehead atoms. The van der Waals surface area contributed by atoms with Crippen LogP contribution in [-0.4, -0.2) is 10.9 Å². The lowest BCUT2D eigenvalue weighted by Gasteiger charge is -2.07. The Bertz CT molecular complexity index is 1220. The van der Waals surface area contributed by atoms with Crippen LogP contribution in [0, 0.1) is 0 Å². The van der Waals surface area contributed by atoms with Crippen molar-refractivity contribution < 1.29 is 9.21 Å². The first-order chi connectivity index (χ1) is 13.4. The molecule has 0 aliphatic rings. The first-order valence-corrected chi connectivity index (χ1v) is 9.96. The van der Waals surface area contributed by atoms with E-state index in [1.165, 1.54) is 0 Å². The fraction of sp³-hybridized carbons (Fsp3) is 0. The molecule has 28 heavy (non-hydrogen) atoms. The second-order valence-electron chi connectivity index (χ2n) is 5.88. The summed E-state index contributed by atoms with van der Waals surface area (Å²) in [6.45, 7) is 0. The van der Waals surface area contributed by atoms with Crippen LogP contribution in [0.2, 0.25) is 15.1 Å². The molecule has 1 amide bonds. The highest BCUT2D eigenvalue weighted by Gasteiger charge is 2.15. The quantitative estimate of drug-likeness (QED) is 0.320. The summed E-state index contributed by atoms with van der Waals surface area (Å²) in [6, 6.07) is 15.5. The maximum Gasteiger partial charge on any atom is 0.257 e. The van der Waals surface area contributed by atoms with Crippen molar-refractivity contribution in [3.63, 3.8) is 0 Å². The number of benzene rings is 3. The summed E-state index contributed by atoms with van der Waals surface area (Å²) in [4.78, 5) is 17.0. The van der Waals surface area contributed by atoms with Crippen molar-refractivity contribution in [2.75, 3.05) is 5.32 Å². The molecule has 4 aromatic rings. The molecule has 1 aromatic heterocycles. The molecule has 0 unspecified atom stereocenters. The second-order valence-corrected chi connectivity index (χ2v) is 7.99. The predicted octanol–water partition coefficient (Wildman–Crippen LogP) is 7.47.